The second kappa shape index (κ2) is 7.62. The van der Waals surface area contributed by atoms with Crippen molar-refractivity contribution in [2.24, 2.45) is 0 Å². The Morgan fingerprint density at radius 1 is 1.22 bits per heavy atom. The minimum absolute atomic E-state index is 0.0538. The number of halogens is 2. The largest absolute Gasteiger partial charge is 0.326 e. The molecular formula is C20H15BrFN3OS. The number of aryl methyl sites for hydroxylation is 1. The van der Waals surface area contributed by atoms with Gasteiger partial charge in [0, 0.05) is 39.4 Å². The molecule has 1 amide bonds. The van der Waals surface area contributed by atoms with Crippen LogP contribution in [0.1, 0.15) is 12.1 Å². The highest BCUT2D eigenvalue weighted by Crippen LogP contribution is 2.26. The number of imidazole rings is 1. The second-order valence-electron chi connectivity index (χ2n) is 6.04. The maximum absolute atomic E-state index is 14.0. The van der Waals surface area contributed by atoms with Crippen LogP contribution < -0.4 is 5.32 Å². The van der Waals surface area contributed by atoms with Crippen molar-refractivity contribution >= 4 is 43.8 Å². The molecule has 0 bridgehead atoms. The molecule has 2 heterocycles. The van der Waals surface area contributed by atoms with E-state index in [0.29, 0.717) is 24.1 Å². The van der Waals surface area contributed by atoms with Crippen LogP contribution >= 0.6 is 27.3 Å². The van der Waals surface area contributed by atoms with Crippen molar-refractivity contribution in [3.63, 3.8) is 0 Å². The third-order valence-corrected chi connectivity index (χ3v) is 5.53. The van der Waals surface area contributed by atoms with E-state index in [4.69, 9.17) is 0 Å². The molecule has 4 aromatic rings. The molecular weight excluding hydrogens is 429 g/mol. The van der Waals surface area contributed by atoms with Gasteiger partial charge in [0.2, 0.25) is 5.91 Å². The lowest BCUT2D eigenvalue weighted by molar-refractivity contribution is -0.116. The van der Waals surface area contributed by atoms with Crippen LogP contribution in [0.4, 0.5) is 10.1 Å². The van der Waals surface area contributed by atoms with Crippen molar-refractivity contribution in [2.45, 2.75) is 12.8 Å². The van der Waals surface area contributed by atoms with E-state index in [-0.39, 0.29) is 11.7 Å². The molecule has 0 saturated heterocycles. The number of aromatic nitrogens is 2. The van der Waals surface area contributed by atoms with Crippen molar-refractivity contribution in [2.75, 3.05) is 5.32 Å². The molecule has 27 heavy (non-hydrogen) atoms. The number of hydrogen-bond acceptors (Lipinski definition) is 3. The zero-order chi connectivity index (χ0) is 18.8. The van der Waals surface area contributed by atoms with Gasteiger partial charge in [-0.1, -0.05) is 34.1 Å². The zero-order valence-electron chi connectivity index (χ0n) is 14.2. The molecule has 1 N–H and O–H groups in total. The molecule has 7 heteroatoms. The summed E-state index contributed by atoms with van der Waals surface area (Å²) in [6, 6.07) is 14.1. The third-order valence-electron chi connectivity index (χ3n) is 4.15. The first-order valence-electron chi connectivity index (χ1n) is 8.36. The molecule has 0 aliphatic rings. The molecule has 0 aliphatic heterocycles. The average Bonchev–Trinajstić information content (AvgIpc) is 3.21. The first-order chi connectivity index (χ1) is 13.1. The number of nitrogens with zero attached hydrogens (tertiary/aromatic N) is 2. The van der Waals surface area contributed by atoms with E-state index in [2.05, 4.69) is 26.2 Å². The van der Waals surface area contributed by atoms with Crippen LogP contribution in [-0.2, 0) is 11.2 Å². The summed E-state index contributed by atoms with van der Waals surface area (Å²) in [6.07, 6.45) is 2.75. The number of benzene rings is 2. The Labute approximate surface area is 167 Å². The number of hydrogen-bond donors (Lipinski definition) is 1. The minimum atomic E-state index is -0.293. The van der Waals surface area contributed by atoms with Crippen LogP contribution in [0.5, 0.6) is 0 Å². The van der Waals surface area contributed by atoms with E-state index in [1.54, 1.807) is 18.2 Å². The van der Waals surface area contributed by atoms with E-state index in [1.165, 1.54) is 17.4 Å². The van der Waals surface area contributed by atoms with Gasteiger partial charge in [0.15, 0.2) is 4.96 Å². The van der Waals surface area contributed by atoms with Crippen LogP contribution in [0.3, 0.4) is 0 Å². The van der Waals surface area contributed by atoms with Crippen LogP contribution in [0.25, 0.3) is 16.2 Å². The summed E-state index contributed by atoms with van der Waals surface area (Å²) in [6.45, 7) is 0. The summed E-state index contributed by atoms with van der Waals surface area (Å²) in [4.78, 5) is 17.5. The number of rotatable bonds is 5. The number of thiazole rings is 1. The first-order valence-corrected chi connectivity index (χ1v) is 10.0. The van der Waals surface area contributed by atoms with Gasteiger partial charge in [-0.25, -0.2) is 9.37 Å². The lowest BCUT2D eigenvalue weighted by Crippen LogP contribution is -2.12. The summed E-state index contributed by atoms with van der Waals surface area (Å²) >= 11 is 4.87. The molecule has 0 unspecified atom stereocenters. The zero-order valence-corrected chi connectivity index (χ0v) is 16.6. The van der Waals surface area contributed by atoms with Crippen LogP contribution in [0.2, 0.25) is 0 Å². The van der Waals surface area contributed by atoms with E-state index >= 15 is 0 Å². The summed E-state index contributed by atoms with van der Waals surface area (Å²) in [5.74, 6) is -0.347. The Morgan fingerprint density at radius 3 is 2.89 bits per heavy atom. The number of amides is 1. The molecule has 2 aromatic carbocycles. The first kappa shape index (κ1) is 17.9. The van der Waals surface area contributed by atoms with Gasteiger partial charge in [-0.3, -0.25) is 9.20 Å². The number of carbonyl (C=O) groups is 1. The van der Waals surface area contributed by atoms with Crippen molar-refractivity contribution in [1.82, 2.24) is 9.38 Å². The Bertz CT molecular complexity index is 1120. The maximum Gasteiger partial charge on any atom is 0.224 e. The summed E-state index contributed by atoms with van der Waals surface area (Å²) in [7, 11) is 0. The summed E-state index contributed by atoms with van der Waals surface area (Å²) in [5, 5.41) is 4.88. The van der Waals surface area contributed by atoms with Gasteiger partial charge in [0.1, 0.15) is 5.82 Å². The number of carbonyl (C=O) groups excluding carboxylic acids is 1. The van der Waals surface area contributed by atoms with E-state index < -0.39 is 0 Å². The van der Waals surface area contributed by atoms with Crippen molar-refractivity contribution in [1.29, 1.82) is 0 Å². The molecule has 0 radical (unpaired) electrons. The summed E-state index contributed by atoms with van der Waals surface area (Å²) in [5.41, 5.74) is 2.82. The smallest absolute Gasteiger partial charge is 0.224 e. The van der Waals surface area contributed by atoms with E-state index in [1.807, 2.05) is 40.2 Å². The van der Waals surface area contributed by atoms with Gasteiger partial charge in [0.25, 0.3) is 0 Å². The fourth-order valence-electron chi connectivity index (χ4n) is 2.84. The maximum atomic E-state index is 14.0. The fourth-order valence-corrected chi connectivity index (χ4v) is 4.15. The molecule has 0 spiro atoms. The Hall–Kier alpha value is -2.51. The number of fused-ring (bicyclic) bond motifs is 1. The molecule has 0 saturated carbocycles. The highest BCUT2D eigenvalue weighted by Gasteiger charge is 2.13. The van der Waals surface area contributed by atoms with E-state index in [9.17, 15) is 9.18 Å². The van der Waals surface area contributed by atoms with Crippen molar-refractivity contribution in [3.05, 3.63) is 76.1 Å². The number of anilines is 1. The van der Waals surface area contributed by atoms with Gasteiger partial charge in [-0.2, -0.15) is 0 Å². The highest BCUT2D eigenvalue weighted by molar-refractivity contribution is 9.10. The van der Waals surface area contributed by atoms with Gasteiger partial charge in [-0.15, -0.1) is 11.3 Å². The lowest BCUT2D eigenvalue weighted by Gasteiger charge is -2.05. The fraction of sp³-hybridized carbons (Fsp3) is 0.100. The molecule has 4 rings (SSSR count). The normalized spacial score (nSPS) is 11.0. The average molecular weight is 444 g/mol. The van der Waals surface area contributed by atoms with Crippen LogP contribution in [0.15, 0.2) is 64.6 Å². The van der Waals surface area contributed by atoms with Gasteiger partial charge in [-0.05, 0) is 36.8 Å². The second-order valence-corrected chi connectivity index (χ2v) is 7.80. The molecule has 0 fully saturated rings. The molecule has 2 aromatic heterocycles. The summed E-state index contributed by atoms with van der Waals surface area (Å²) < 4.78 is 16.8. The van der Waals surface area contributed by atoms with Gasteiger partial charge >= 0.3 is 0 Å². The predicted molar refractivity (Wildman–Crippen MR) is 110 cm³/mol. The Morgan fingerprint density at radius 2 is 2.07 bits per heavy atom. The molecule has 0 aliphatic carbocycles. The van der Waals surface area contributed by atoms with Crippen molar-refractivity contribution in [3.8, 4) is 11.3 Å². The Kier molecular flexibility index (Phi) is 5.05. The lowest BCUT2D eigenvalue weighted by atomic mass is 10.1. The Balaban J connectivity index is 1.48. The third kappa shape index (κ3) is 3.94. The molecule has 0 atom stereocenters. The monoisotopic (exact) mass is 443 g/mol. The standard InChI is InChI=1S/C20H15BrFN3OS/c21-13-4-3-5-14(10-13)23-19(26)9-8-15-12-27-20-24-18(11-25(15)20)16-6-1-2-7-17(16)22/h1-7,10-12H,8-9H2,(H,23,26). The van der Waals surface area contributed by atoms with Crippen molar-refractivity contribution < 1.29 is 9.18 Å². The SMILES string of the molecule is O=C(CCc1csc2nc(-c3ccccc3F)cn12)Nc1cccc(Br)c1. The van der Waals surface area contributed by atoms with Gasteiger partial charge < -0.3 is 5.32 Å². The number of nitrogens with one attached hydrogen (secondary N) is 1. The highest BCUT2D eigenvalue weighted by atomic mass is 79.9. The van der Waals surface area contributed by atoms with Crippen LogP contribution in [0, 0.1) is 5.82 Å². The minimum Gasteiger partial charge on any atom is -0.326 e. The van der Waals surface area contributed by atoms with Crippen LogP contribution in [-0.4, -0.2) is 15.3 Å². The molecule has 136 valence electrons. The quantitative estimate of drug-likeness (QED) is 0.440. The predicted octanol–water partition coefficient (Wildman–Crippen LogP) is 5.54. The van der Waals surface area contributed by atoms with Gasteiger partial charge in [0.05, 0.1) is 5.69 Å². The topological polar surface area (TPSA) is 46.4 Å². The van der Waals surface area contributed by atoms with E-state index in [0.717, 1.165) is 20.8 Å². The molecule has 4 nitrogen and oxygen atoms in total.